The summed E-state index contributed by atoms with van der Waals surface area (Å²) in [5, 5.41) is 18.9. The number of aliphatic hydroxyl groups is 2. The van der Waals surface area contributed by atoms with Gasteiger partial charge < -0.3 is 10.2 Å². The SMILES string of the molecule is OC(CS)C(O)c1c(F)cccc1Cl. The molecule has 2 nitrogen and oxygen atoms in total. The van der Waals surface area contributed by atoms with Gasteiger partial charge in [0.15, 0.2) is 0 Å². The molecule has 2 atom stereocenters. The fourth-order valence-electron chi connectivity index (χ4n) is 1.09. The molecular formula is C9H10ClFO2S. The minimum atomic E-state index is -1.35. The number of thiol groups is 1. The van der Waals surface area contributed by atoms with E-state index in [0.717, 1.165) is 0 Å². The largest absolute Gasteiger partial charge is 0.389 e. The van der Waals surface area contributed by atoms with Crippen molar-refractivity contribution in [3.8, 4) is 0 Å². The molecule has 0 amide bonds. The quantitative estimate of drug-likeness (QED) is 0.701. The Hall–Kier alpha value is -0.290. The highest BCUT2D eigenvalue weighted by atomic mass is 35.5. The minimum Gasteiger partial charge on any atom is -0.389 e. The number of hydrogen-bond donors (Lipinski definition) is 3. The maximum atomic E-state index is 13.2. The standard InChI is InChI=1S/C9H10ClFO2S/c10-5-2-1-3-6(11)8(5)9(13)7(12)4-14/h1-3,7,9,12-14H,4H2. The highest BCUT2D eigenvalue weighted by molar-refractivity contribution is 7.80. The maximum Gasteiger partial charge on any atom is 0.130 e. The molecule has 0 aliphatic rings. The first-order valence-corrected chi connectivity index (χ1v) is 5.00. The second-order valence-electron chi connectivity index (χ2n) is 2.83. The van der Waals surface area contributed by atoms with E-state index >= 15 is 0 Å². The van der Waals surface area contributed by atoms with Gasteiger partial charge in [0, 0.05) is 16.3 Å². The summed E-state index contributed by atoms with van der Waals surface area (Å²) in [4.78, 5) is 0. The number of aliphatic hydroxyl groups excluding tert-OH is 2. The molecule has 0 bridgehead atoms. The van der Waals surface area contributed by atoms with Crippen molar-refractivity contribution in [3.05, 3.63) is 34.6 Å². The summed E-state index contributed by atoms with van der Waals surface area (Å²) in [5.74, 6) is -0.600. The van der Waals surface area contributed by atoms with Crippen molar-refractivity contribution in [2.24, 2.45) is 0 Å². The summed E-state index contributed by atoms with van der Waals surface area (Å²) in [6, 6.07) is 4.06. The Kier molecular flexibility index (Phi) is 4.19. The van der Waals surface area contributed by atoms with Gasteiger partial charge in [0.25, 0.3) is 0 Å². The smallest absolute Gasteiger partial charge is 0.130 e. The van der Waals surface area contributed by atoms with Crippen molar-refractivity contribution in [2.75, 3.05) is 5.75 Å². The molecular weight excluding hydrogens is 227 g/mol. The molecule has 0 spiro atoms. The van der Waals surface area contributed by atoms with E-state index in [2.05, 4.69) is 12.6 Å². The van der Waals surface area contributed by atoms with E-state index in [-0.39, 0.29) is 16.3 Å². The molecule has 14 heavy (non-hydrogen) atoms. The van der Waals surface area contributed by atoms with E-state index < -0.39 is 18.0 Å². The second-order valence-corrected chi connectivity index (χ2v) is 3.60. The zero-order chi connectivity index (χ0) is 10.7. The van der Waals surface area contributed by atoms with Gasteiger partial charge in [-0.05, 0) is 12.1 Å². The molecule has 0 heterocycles. The Morgan fingerprint density at radius 2 is 2.07 bits per heavy atom. The Balaban J connectivity index is 3.05. The van der Waals surface area contributed by atoms with Crippen LogP contribution in [-0.2, 0) is 0 Å². The average molecular weight is 237 g/mol. The number of halogens is 2. The van der Waals surface area contributed by atoms with Crippen LogP contribution in [0.3, 0.4) is 0 Å². The van der Waals surface area contributed by atoms with E-state index in [0.29, 0.717) is 0 Å². The molecule has 2 unspecified atom stereocenters. The fraction of sp³-hybridized carbons (Fsp3) is 0.333. The van der Waals surface area contributed by atoms with E-state index in [1.807, 2.05) is 0 Å². The lowest BCUT2D eigenvalue weighted by atomic mass is 10.0. The highest BCUT2D eigenvalue weighted by Gasteiger charge is 2.22. The molecule has 0 aromatic heterocycles. The molecule has 1 aromatic rings. The molecule has 0 aliphatic carbocycles. The monoisotopic (exact) mass is 236 g/mol. The lowest BCUT2D eigenvalue weighted by molar-refractivity contribution is 0.0315. The molecule has 5 heteroatoms. The summed E-state index contributed by atoms with van der Waals surface area (Å²) < 4.78 is 13.2. The number of hydrogen-bond acceptors (Lipinski definition) is 3. The Morgan fingerprint density at radius 3 is 2.57 bits per heavy atom. The second kappa shape index (κ2) is 4.98. The fourth-order valence-corrected chi connectivity index (χ4v) is 1.56. The van der Waals surface area contributed by atoms with Gasteiger partial charge in [0.2, 0.25) is 0 Å². The minimum absolute atomic E-state index is 0.0336. The van der Waals surface area contributed by atoms with Gasteiger partial charge in [-0.2, -0.15) is 12.6 Å². The normalized spacial score (nSPS) is 15.2. The van der Waals surface area contributed by atoms with Crippen LogP contribution < -0.4 is 0 Å². The lowest BCUT2D eigenvalue weighted by Crippen LogP contribution is -2.21. The van der Waals surface area contributed by atoms with E-state index in [1.165, 1.54) is 18.2 Å². The Bertz CT molecular complexity index is 301. The number of benzene rings is 1. The molecule has 0 radical (unpaired) electrons. The average Bonchev–Trinajstić information content (AvgIpc) is 2.16. The van der Waals surface area contributed by atoms with Gasteiger partial charge >= 0.3 is 0 Å². The third kappa shape index (κ3) is 2.39. The van der Waals surface area contributed by atoms with Gasteiger partial charge in [0.05, 0.1) is 6.10 Å². The van der Waals surface area contributed by atoms with Crippen molar-refractivity contribution in [1.82, 2.24) is 0 Å². The topological polar surface area (TPSA) is 40.5 Å². The van der Waals surface area contributed by atoms with Crippen LogP contribution >= 0.6 is 24.2 Å². The highest BCUT2D eigenvalue weighted by Crippen LogP contribution is 2.28. The van der Waals surface area contributed by atoms with Crippen LogP contribution in [0.5, 0.6) is 0 Å². The summed E-state index contributed by atoms with van der Waals surface area (Å²) in [6.45, 7) is 0. The van der Waals surface area contributed by atoms with Gasteiger partial charge in [-0.1, -0.05) is 17.7 Å². The van der Waals surface area contributed by atoms with Gasteiger partial charge in [-0.3, -0.25) is 0 Å². The lowest BCUT2D eigenvalue weighted by Gasteiger charge is -2.17. The molecule has 2 N–H and O–H groups in total. The van der Waals surface area contributed by atoms with Gasteiger partial charge in [0.1, 0.15) is 11.9 Å². The zero-order valence-electron chi connectivity index (χ0n) is 7.19. The molecule has 78 valence electrons. The van der Waals surface area contributed by atoms with Crippen molar-refractivity contribution in [3.63, 3.8) is 0 Å². The first-order valence-electron chi connectivity index (χ1n) is 3.98. The predicted octanol–water partition coefficient (Wildman–Crippen LogP) is 1.80. The maximum absolute atomic E-state index is 13.2. The molecule has 0 aliphatic heterocycles. The third-order valence-electron chi connectivity index (χ3n) is 1.85. The summed E-state index contributed by atoms with van der Waals surface area (Å²) in [5.41, 5.74) is -0.0873. The third-order valence-corrected chi connectivity index (χ3v) is 2.55. The number of rotatable bonds is 3. The zero-order valence-corrected chi connectivity index (χ0v) is 8.84. The first-order chi connectivity index (χ1) is 6.57. The first kappa shape index (κ1) is 11.8. The van der Waals surface area contributed by atoms with Crippen LogP contribution in [0.25, 0.3) is 0 Å². The van der Waals surface area contributed by atoms with Crippen LogP contribution in [-0.4, -0.2) is 22.1 Å². The van der Waals surface area contributed by atoms with Gasteiger partial charge in [-0.25, -0.2) is 4.39 Å². The van der Waals surface area contributed by atoms with Crippen LogP contribution in [0, 0.1) is 5.82 Å². The van der Waals surface area contributed by atoms with Crippen LogP contribution in [0.2, 0.25) is 5.02 Å². The van der Waals surface area contributed by atoms with Crippen molar-refractivity contribution >= 4 is 24.2 Å². The van der Waals surface area contributed by atoms with Crippen LogP contribution in [0.1, 0.15) is 11.7 Å². The summed E-state index contributed by atoms with van der Waals surface area (Å²) >= 11 is 9.49. The van der Waals surface area contributed by atoms with E-state index in [4.69, 9.17) is 11.6 Å². The van der Waals surface area contributed by atoms with E-state index in [9.17, 15) is 14.6 Å². The van der Waals surface area contributed by atoms with Crippen molar-refractivity contribution in [1.29, 1.82) is 0 Å². The molecule has 0 saturated heterocycles. The molecule has 1 rings (SSSR count). The van der Waals surface area contributed by atoms with Crippen LogP contribution in [0.4, 0.5) is 4.39 Å². The van der Waals surface area contributed by atoms with Crippen LogP contribution in [0.15, 0.2) is 18.2 Å². The predicted molar refractivity (Wildman–Crippen MR) is 56.2 cm³/mol. The van der Waals surface area contributed by atoms with Crippen molar-refractivity contribution < 1.29 is 14.6 Å². The molecule has 0 fully saturated rings. The Labute approximate surface area is 91.7 Å². The molecule has 1 aromatic carbocycles. The Morgan fingerprint density at radius 1 is 1.43 bits per heavy atom. The van der Waals surface area contributed by atoms with Gasteiger partial charge in [-0.15, -0.1) is 0 Å². The van der Waals surface area contributed by atoms with E-state index in [1.54, 1.807) is 0 Å². The van der Waals surface area contributed by atoms with Crippen molar-refractivity contribution in [2.45, 2.75) is 12.2 Å². The summed E-state index contributed by atoms with van der Waals surface area (Å²) in [7, 11) is 0. The molecule has 0 saturated carbocycles. The summed E-state index contributed by atoms with van der Waals surface area (Å²) in [6.07, 6.45) is -2.48.